The van der Waals surface area contributed by atoms with Gasteiger partial charge in [-0.15, -0.1) is 0 Å². The van der Waals surface area contributed by atoms with Gasteiger partial charge in [0.1, 0.15) is 11.6 Å². The van der Waals surface area contributed by atoms with Crippen molar-refractivity contribution in [1.29, 1.82) is 0 Å². The summed E-state index contributed by atoms with van der Waals surface area (Å²) in [7, 11) is 0. The SMILES string of the molecule is O=C(CCn1cc(Br)ccc1=O)Nc1ccc(F)cn1. The first-order valence-electron chi connectivity index (χ1n) is 5.82. The fourth-order valence-corrected chi connectivity index (χ4v) is 1.93. The molecule has 0 saturated heterocycles. The van der Waals surface area contributed by atoms with Crippen LogP contribution in [0.25, 0.3) is 0 Å². The Balaban J connectivity index is 1.93. The fraction of sp³-hybridized carbons (Fsp3) is 0.154. The highest BCUT2D eigenvalue weighted by Crippen LogP contribution is 2.06. The predicted octanol–water partition coefficient (Wildman–Crippen LogP) is 2.17. The van der Waals surface area contributed by atoms with Crippen molar-refractivity contribution in [3.8, 4) is 0 Å². The number of nitrogens with one attached hydrogen (secondary N) is 1. The molecule has 0 spiro atoms. The molecule has 104 valence electrons. The maximum atomic E-state index is 12.7. The molecule has 1 amide bonds. The summed E-state index contributed by atoms with van der Waals surface area (Å²) < 4.78 is 14.9. The summed E-state index contributed by atoms with van der Waals surface area (Å²) >= 11 is 3.26. The molecule has 2 aromatic heterocycles. The first-order valence-corrected chi connectivity index (χ1v) is 6.61. The number of hydrogen-bond acceptors (Lipinski definition) is 3. The summed E-state index contributed by atoms with van der Waals surface area (Å²) in [6.45, 7) is 0.255. The Hall–Kier alpha value is -2.02. The van der Waals surface area contributed by atoms with Crippen LogP contribution < -0.4 is 10.9 Å². The topological polar surface area (TPSA) is 64.0 Å². The van der Waals surface area contributed by atoms with E-state index in [4.69, 9.17) is 0 Å². The molecule has 5 nitrogen and oxygen atoms in total. The van der Waals surface area contributed by atoms with Crippen LogP contribution in [0.5, 0.6) is 0 Å². The summed E-state index contributed by atoms with van der Waals surface area (Å²) in [5.41, 5.74) is -0.180. The van der Waals surface area contributed by atoms with Crippen molar-refractivity contribution in [3.05, 3.63) is 57.3 Å². The van der Waals surface area contributed by atoms with Gasteiger partial charge in [0.05, 0.1) is 6.20 Å². The van der Waals surface area contributed by atoms with Gasteiger partial charge in [-0.05, 0) is 34.1 Å². The lowest BCUT2D eigenvalue weighted by atomic mass is 10.3. The van der Waals surface area contributed by atoms with Crippen LogP contribution >= 0.6 is 15.9 Å². The molecule has 2 aromatic rings. The van der Waals surface area contributed by atoms with Crippen molar-refractivity contribution in [2.24, 2.45) is 0 Å². The quantitative estimate of drug-likeness (QED) is 0.928. The molecular formula is C13H11BrFN3O2. The van der Waals surface area contributed by atoms with E-state index in [1.54, 1.807) is 12.3 Å². The number of halogens is 2. The van der Waals surface area contributed by atoms with Gasteiger partial charge in [0.2, 0.25) is 5.91 Å². The Kier molecular flexibility index (Phi) is 4.62. The molecule has 2 heterocycles. The lowest BCUT2D eigenvalue weighted by Gasteiger charge is -2.06. The molecule has 0 aliphatic carbocycles. The molecule has 2 rings (SSSR count). The molecule has 0 radical (unpaired) electrons. The standard InChI is InChI=1S/C13H11BrFN3O2/c14-9-1-4-13(20)18(8-9)6-5-12(19)17-11-3-2-10(15)7-16-11/h1-4,7-8H,5-6H2,(H,16,17,19). The lowest BCUT2D eigenvalue weighted by molar-refractivity contribution is -0.116. The second kappa shape index (κ2) is 6.42. The minimum atomic E-state index is -0.469. The molecule has 0 fully saturated rings. The molecule has 0 atom stereocenters. The Morgan fingerprint density at radius 2 is 2.15 bits per heavy atom. The van der Waals surface area contributed by atoms with Crippen LogP contribution in [0.1, 0.15) is 6.42 Å². The van der Waals surface area contributed by atoms with Crippen LogP contribution in [0.2, 0.25) is 0 Å². The summed E-state index contributed by atoms with van der Waals surface area (Å²) in [6.07, 6.45) is 2.76. The number of amides is 1. The van der Waals surface area contributed by atoms with Crippen molar-refractivity contribution in [2.45, 2.75) is 13.0 Å². The number of nitrogens with zero attached hydrogens (tertiary/aromatic N) is 2. The van der Waals surface area contributed by atoms with Crippen LogP contribution in [0.4, 0.5) is 10.2 Å². The van der Waals surface area contributed by atoms with Crippen molar-refractivity contribution in [3.63, 3.8) is 0 Å². The number of aromatic nitrogens is 2. The molecule has 0 saturated carbocycles. The van der Waals surface area contributed by atoms with Gasteiger partial charge >= 0.3 is 0 Å². The largest absolute Gasteiger partial charge is 0.314 e. The third-order valence-corrected chi connectivity index (χ3v) is 2.99. The minimum Gasteiger partial charge on any atom is -0.314 e. The molecule has 0 aliphatic rings. The van der Waals surface area contributed by atoms with Gasteiger partial charge in [0, 0.05) is 29.7 Å². The van der Waals surface area contributed by atoms with E-state index in [9.17, 15) is 14.0 Å². The highest BCUT2D eigenvalue weighted by molar-refractivity contribution is 9.10. The maximum absolute atomic E-state index is 12.7. The van der Waals surface area contributed by atoms with E-state index < -0.39 is 5.82 Å². The van der Waals surface area contributed by atoms with E-state index >= 15 is 0 Å². The van der Waals surface area contributed by atoms with Crippen molar-refractivity contribution in [1.82, 2.24) is 9.55 Å². The molecule has 7 heteroatoms. The van der Waals surface area contributed by atoms with Gasteiger partial charge in [-0.25, -0.2) is 9.37 Å². The Morgan fingerprint density at radius 1 is 1.35 bits per heavy atom. The van der Waals surface area contributed by atoms with E-state index in [0.29, 0.717) is 0 Å². The second-order valence-electron chi connectivity index (χ2n) is 4.04. The average Bonchev–Trinajstić information content (AvgIpc) is 2.42. The highest BCUT2D eigenvalue weighted by atomic mass is 79.9. The van der Waals surface area contributed by atoms with Gasteiger partial charge in [-0.3, -0.25) is 9.59 Å². The molecule has 0 unspecified atom stereocenters. The van der Waals surface area contributed by atoms with Gasteiger partial charge in [0.15, 0.2) is 0 Å². The van der Waals surface area contributed by atoms with E-state index in [-0.39, 0.29) is 30.2 Å². The monoisotopic (exact) mass is 339 g/mol. The van der Waals surface area contributed by atoms with Crippen LogP contribution in [0, 0.1) is 5.82 Å². The number of pyridine rings is 2. The normalized spacial score (nSPS) is 10.3. The van der Waals surface area contributed by atoms with Crippen LogP contribution in [0.15, 0.2) is 45.9 Å². The molecule has 0 aliphatic heterocycles. The first kappa shape index (κ1) is 14.4. The fourth-order valence-electron chi connectivity index (χ4n) is 1.55. The van der Waals surface area contributed by atoms with E-state index in [0.717, 1.165) is 10.7 Å². The average molecular weight is 340 g/mol. The third kappa shape index (κ3) is 3.99. The highest BCUT2D eigenvalue weighted by Gasteiger charge is 2.05. The summed E-state index contributed by atoms with van der Waals surface area (Å²) in [5.74, 6) is -0.488. The van der Waals surface area contributed by atoms with Crippen molar-refractivity contribution in [2.75, 3.05) is 5.32 Å². The zero-order chi connectivity index (χ0) is 14.5. The van der Waals surface area contributed by atoms with Gasteiger partial charge in [-0.2, -0.15) is 0 Å². The van der Waals surface area contributed by atoms with Crippen LogP contribution in [-0.2, 0) is 11.3 Å². The second-order valence-corrected chi connectivity index (χ2v) is 4.95. The minimum absolute atomic E-state index is 0.120. The van der Waals surface area contributed by atoms with Gasteiger partial charge < -0.3 is 9.88 Å². The lowest BCUT2D eigenvalue weighted by Crippen LogP contribution is -2.22. The van der Waals surface area contributed by atoms with Crippen LogP contribution in [0.3, 0.4) is 0 Å². The Labute approximate surface area is 122 Å². The molecule has 1 N–H and O–H groups in total. The summed E-state index contributed by atoms with van der Waals surface area (Å²) in [5, 5.41) is 2.53. The number of anilines is 1. The number of aryl methyl sites for hydroxylation is 1. The Morgan fingerprint density at radius 3 is 2.85 bits per heavy atom. The zero-order valence-electron chi connectivity index (χ0n) is 10.3. The van der Waals surface area contributed by atoms with Crippen LogP contribution in [-0.4, -0.2) is 15.5 Å². The molecular weight excluding hydrogens is 329 g/mol. The Bertz CT molecular complexity index is 670. The summed E-state index contributed by atoms with van der Waals surface area (Å²) in [4.78, 5) is 27.0. The third-order valence-electron chi connectivity index (χ3n) is 2.52. The summed E-state index contributed by atoms with van der Waals surface area (Å²) in [6, 6.07) is 5.64. The van der Waals surface area contributed by atoms with Crippen molar-refractivity contribution < 1.29 is 9.18 Å². The van der Waals surface area contributed by atoms with E-state index in [1.807, 2.05) is 0 Å². The van der Waals surface area contributed by atoms with E-state index in [1.165, 1.54) is 22.8 Å². The smallest absolute Gasteiger partial charge is 0.250 e. The first-order chi connectivity index (χ1) is 9.54. The number of hydrogen-bond donors (Lipinski definition) is 1. The molecule has 0 bridgehead atoms. The van der Waals surface area contributed by atoms with Gasteiger partial charge in [0.25, 0.3) is 5.56 Å². The van der Waals surface area contributed by atoms with Gasteiger partial charge in [-0.1, -0.05) is 0 Å². The number of carbonyl (C=O) groups excluding carboxylic acids is 1. The number of rotatable bonds is 4. The molecule has 20 heavy (non-hydrogen) atoms. The maximum Gasteiger partial charge on any atom is 0.250 e. The number of carbonyl (C=O) groups is 1. The predicted molar refractivity (Wildman–Crippen MR) is 75.8 cm³/mol. The molecule has 0 aromatic carbocycles. The zero-order valence-corrected chi connectivity index (χ0v) is 11.9. The van der Waals surface area contributed by atoms with E-state index in [2.05, 4.69) is 26.2 Å². The van der Waals surface area contributed by atoms with Crippen molar-refractivity contribution >= 4 is 27.7 Å².